The Bertz CT molecular complexity index is 550. The van der Waals surface area contributed by atoms with E-state index in [4.69, 9.17) is 0 Å². The van der Waals surface area contributed by atoms with Crippen molar-refractivity contribution in [2.45, 2.75) is 0 Å². The van der Waals surface area contributed by atoms with Gasteiger partial charge in [0.05, 0.1) is 5.69 Å². The molecule has 0 bridgehead atoms. The Balaban J connectivity index is 2.27. The largest absolute Gasteiger partial charge is 0.336 e. The molecule has 82 valence electrons. The van der Waals surface area contributed by atoms with Crippen molar-refractivity contribution in [2.24, 2.45) is 0 Å². The van der Waals surface area contributed by atoms with E-state index in [0.29, 0.717) is 11.5 Å². The van der Waals surface area contributed by atoms with Crippen LogP contribution in [-0.4, -0.2) is 10.2 Å². The van der Waals surface area contributed by atoms with Crippen molar-refractivity contribution in [2.75, 3.05) is 5.32 Å². The Morgan fingerprint density at radius 3 is 2.75 bits per heavy atom. The molecule has 0 aliphatic heterocycles. The number of nitrogens with zero attached hydrogens (tertiary/aromatic N) is 1. The Morgan fingerprint density at radius 2 is 2.12 bits per heavy atom. The van der Waals surface area contributed by atoms with Gasteiger partial charge in [0, 0.05) is 9.64 Å². The first kappa shape index (κ1) is 11.1. The fraction of sp³-hybridized carbons (Fsp3) is 0. The lowest BCUT2D eigenvalue weighted by molar-refractivity contribution is 0.630. The van der Waals surface area contributed by atoms with Gasteiger partial charge in [0.15, 0.2) is 5.82 Å². The molecule has 0 saturated heterocycles. The predicted molar refractivity (Wildman–Crippen MR) is 67.3 cm³/mol. The standard InChI is InChI=1S/C10H7FIN3O/c11-7-5-6(12)1-2-8(7)13-9-3-4-10(16)15-14-9/h1-5H,(H,13,14)(H,15,16). The number of halogens is 2. The Kier molecular flexibility index (Phi) is 3.18. The van der Waals surface area contributed by atoms with Gasteiger partial charge in [0.2, 0.25) is 0 Å². The summed E-state index contributed by atoms with van der Waals surface area (Å²) in [5.74, 6) is 0.0274. The molecule has 16 heavy (non-hydrogen) atoms. The molecular weight excluding hydrogens is 324 g/mol. The fourth-order valence-corrected chi connectivity index (χ4v) is 1.60. The van der Waals surface area contributed by atoms with Crippen molar-refractivity contribution in [3.8, 4) is 0 Å². The molecule has 0 aliphatic carbocycles. The van der Waals surface area contributed by atoms with E-state index in [1.54, 1.807) is 12.1 Å². The second-order valence-electron chi connectivity index (χ2n) is 3.06. The third-order valence-electron chi connectivity index (χ3n) is 1.87. The maximum Gasteiger partial charge on any atom is 0.264 e. The minimum Gasteiger partial charge on any atom is -0.336 e. The molecule has 0 fully saturated rings. The van der Waals surface area contributed by atoms with Crippen molar-refractivity contribution in [1.82, 2.24) is 10.2 Å². The van der Waals surface area contributed by atoms with Gasteiger partial charge in [-0.1, -0.05) is 0 Å². The number of rotatable bonds is 2. The van der Waals surface area contributed by atoms with Crippen molar-refractivity contribution in [3.63, 3.8) is 0 Å². The van der Waals surface area contributed by atoms with E-state index >= 15 is 0 Å². The number of benzene rings is 1. The molecule has 6 heteroatoms. The van der Waals surface area contributed by atoms with Crippen LogP contribution in [0.2, 0.25) is 0 Å². The molecule has 1 aromatic heterocycles. The van der Waals surface area contributed by atoms with Crippen LogP contribution in [0, 0.1) is 9.39 Å². The van der Waals surface area contributed by atoms with Gasteiger partial charge in [0.25, 0.3) is 5.56 Å². The number of nitrogens with one attached hydrogen (secondary N) is 2. The summed E-state index contributed by atoms with van der Waals surface area (Å²) in [6.45, 7) is 0. The van der Waals surface area contributed by atoms with E-state index in [0.717, 1.165) is 3.57 Å². The summed E-state index contributed by atoms with van der Waals surface area (Å²) >= 11 is 2.03. The van der Waals surface area contributed by atoms with E-state index in [2.05, 4.69) is 15.5 Å². The second kappa shape index (κ2) is 4.60. The zero-order valence-corrected chi connectivity index (χ0v) is 10.2. The summed E-state index contributed by atoms with van der Waals surface area (Å²) in [5.41, 5.74) is 0.0218. The summed E-state index contributed by atoms with van der Waals surface area (Å²) in [7, 11) is 0. The quantitative estimate of drug-likeness (QED) is 0.830. The number of aromatic nitrogens is 2. The van der Waals surface area contributed by atoms with E-state index in [1.165, 1.54) is 18.2 Å². The Morgan fingerprint density at radius 1 is 1.31 bits per heavy atom. The molecule has 4 nitrogen and oxygen atoms in total. The van der Waals surface area contributed by atoms with E-state index in [-0.39, 0.29) is 11.4 Å². The van der Waals surface area contributed by atoms with Gasteiger partial charge < -0.3 is 5.32 Å². The molecule has 0 aliphatic rings. The molecule has 0 spiro atoms. The Hall–Kier alpha value is -1.44. The zero-order chi connectivity index (χ0) is 11.5. The van der Waals surface area contributed by atoms with Crippen LogP contribution in [0.4, 0.5) is 15.9 Å². The molecule has 0 amide bonds. The number of hydrogen-bond donors (Lipinski definition) is 2. The Labute approximate surface area is 104 Å². The van der Waals surface area contributed by atoms with Gasteiger partial charge in [-0.25, -0.2) is 9.49 Å². The molecule has 0 atom stereocenters. The molecule has 2 rings (SSSR count). The van der Waals surface area contributed by atoms with Crippen LogP contribution < -0.4 is 10.9 Å². The van der Waals surface area contributed by atoms with E-state index in [9.17, 15) is 9.18 Å². The van der Waals surface area contributed by atoms with Crippen molar-refractivity contribution < 1.29 is 4.39 Å². The first-order chi connectivity index (χ1) is 7.65. The second-order valence-corrected chi connectivity index (χ2v) is 4.30. The molecular formula is C10H7FIN3O. The van der Waals surface area contributed by atoms with Gasteiger partial charge in [-0.15, -0.1) is 0 Å². The first-order valence-corrected chi connectivity index (χ1v) is 5.51. The average molecular weight is 331 g/mol. The summed E-state index contributed by atoms with van der Waals surface area (Å²) in [5, 5.41) is 8.75. The SMILES string of the molecule is O=c1ccc(Nc2ccc(I)cc2F)n[nH]1. The number of hydrogen-bond acceptors (Lipinski definition) is 3. The fourth-order valence-electron chi connectivity index (χ4n) is 1.14. The van der Waals surface area contributed by atoms with Gasteiger partial charge >= 0.3 is 0 Å². The third kappa shape index (κ3) is 2.57. The molecule has 1 aromatic carbocycles. The predicted octanol–water partition coefficient (Wildman–Crippen LogP) is 2.26. The van der Waals surface area contributed by atoms with Crippen LogP contribution in [0.25, 0.3) is 0 Å². The van der Waals surface area contributed by atoms with Crippen LogP contribution in [-0.2, 0) is 0 Å². The van der Waals surface area contributed by atoms with Crippen LogP contribution in [0.3, 0.4) is 0 Å². The number of H-pyrrole nitrogens is 1. The molecule has 0 radical (unpaired) electrons. The van der Waals surface area contributed by atoms with Gasteiger partial charge in [-0.05, 0) is 46.9 Å². The minimum atomic E-state index is -0.361. The van der Waals surface area contributed by atoms with Crippen molar-refractivity contribution in [1.29, 1.82) is 0 Å². The average Bonchev–Trinajstić information content (AvgIpc) is 2.25. The summed E-state index contributed by atoms with van der Waals surface area (Å²) in [4.78, 5) is 10.8. The summed E-state index contributed by atoms with van der Waals surface area (Å²) < 4.78 is 14.3. The lowest BCUT2D eigenvalue weighted by Gasteiger charge is -2.05. The maximum atomic E-state index is 13.4. The smallest absolute Gasteiger partial charge is 0.264 e. The van der Waals surface area contributed by atoms with Crippen LogP contribution >= 0.6 is 22.6 Å². The molecule has 2 aromatic rings. The molecule has 2 N–H and O–H groups in total. The normalized spacial score (nSPS) is 10.1. The van der Waals surface area contributed by atoms with Gasteiger partial charge in [0.1, 0.15) is 5.82 Å². The zero-order valence-electron chi connectivity index (χ0n) is 8.00. The highest BCUT2D eigenvalue weighted by molar-refractivity contribution is 14.1. The van der Waals surface area contributed by atoms with E-state index in [1.807, 2.05) is 22.6 Å². The minimum absolute atomic E-state index is 0.298. The van der Waals surface area contributed by atoms with E-state index < -0.39 is 0 Å². The number of anilines is 2. The summed E-state index contributed by atoms with van der Waals surface area (Å²) in [6.07, 6.45) is 0. The number of aromatic amines is 1. The van der Waals surface area contributed by atoms with Crippen LogP contribution in [0.15, 0.2) is 35.1 Å². The van der Waals surface area contributed by atoms with Gasteiger partial charge in [-0.2, -0.15) is 5.10 Å². The highest BCUT2D eigenvalue weighted by Crippen LogP contribution is 2.19. The first-order valence-electron chi connectivity index (χ1n) is 4.43. The monoisotopic (exact) mass is 331 g/mol. The molecule has 0 saturated carbocycles. The van der Waals surface area contributed by atoms with Crippen LogP contribution in [0.5, 0.6) is 0 Å². The summed E-state index contributed by atoms with van der Waals surface area (Å²) in [6, 6.07) is 7.60. The highest BCUT2D eigenvalue weighted by atomic mass is 127. The van der Waals surface area contributed by atoms with Crippen molar-refractivity contribution >= 4 is 34.1 Å². The highest BCUT2D eigenvalue weighted by Gasteiger charge is 2.03. The molecule has 1 heterocycles. The van der Waals surface area contributed by atoms with Crippen molar-refractivity contribution in [3.05, 3.63) is 50.1 Å². The topological polar surface area (TPSA) is 57.8 Å². The lowest BCUT2D eigenvalue weighted by Crippen LogP contribution is -2.07. The lowest BCUT2D eigenvalue weighted by atomic mass is 10.3. The maximum absolute atomic E-state index is 13.4. The van der Waals surface area contributed by atoms with Gasteiger partial charge in [-0.3, -0.25) is 4.79 Å². The molecule has 0 unspecified atom stereocenters. The van der Waals surface area contributed by atoms with Crippen LogP contribution in [0.1, 0.15) is 0 Å². The third-order valence-corrected chi connectivity index (χ3v) is 2.54.